The van der Waals surface area contributed by atoms with Crippen molar-refractivity contribution in [1.82, 2.24) is 9.38 Å². The van der Waals surface area contributed by atoms with Gasteiger partial charge in [-0.2, -0.15) is 0 Å². The Kier molecular flexibility index (Phi) is 3.51. The molecule has 0 aliphatic rings. The Bertz CT molecular complexity index is 1020. The van der Waals surface area contributed by atoms with Gasteiger partial charge in [0.25, 0.3) is 0 Å². The van der Waals surface area contributed by atoms with Crippen LogP contribution in [0, 0.1) is 0 Å². The van der Waals surface area contributed by atoms with Gasteiger partial charge in [0.2, 0.25) is 0 Å². The zero-order chi connectivity index (χ0) is 16.4. The van der Waals surface area contributed by atoms with Gasteiger partial charge in [-0.05, 0) is 24.3 Å². The van der Waals surface area contributed by atoms with E-state index in [1.54, 1.807) is 24.3 Å². The molecular weight excluding hydrogens is 300 g/mol. The van der Waals surface area contributed by atoms with Crippen molar-refractivity contribution in [2.24, 2.45) is 10.2 Å². The molecule has 0 bridgehead atoms. The van der Waals surface area contributed by atoms with Gasteiger partial charge in [-0.25, -0.2) is 4.98 Å². The lowest BCUT2D eigenvalue weighted by Gasteiger charge is -1.99. The van der Waals surface area contributed by atoms with Crippen LogP contribution < -0.4 is 0 Å². The van der Waals surface area contributed by atoms with Crippen molar-refractivity contribution in [3.63, 3.8) is 0 Å². The average molecular weight is 314 g/mol. The summed E-state index contributed by atoms with van der Waals surface area (Å²) in [5, 5.41) is 18.2. The highest BCUT2D eigenvalue weighted by molar-refractivity contribution is 5.74. The van der Waals surface area contributed by atoms with Crippen molar-refractivity contribution in [2.75, 3.05) is 0 Å². The maximum Gasteiger partial charge on any atom is 0.187 e. The summed E-state index contributed by atoms with van der Waals surface area (Å²) in [6, 6.07) is 22.4. The second-order valence-electron chi connectivity index (χ2n) is 5.30. The number of benzene rings is 2. The summed E-state index contributed by atoms with van der Waals surface area (Å²) in [5.74, 6) is 0.813. The van der Waals surface area contributed by atoms with E-state index in [1.165, 1.54) is 0 Å². The Morgan fingerprint density at radius 2 is 1.67 bits per heavy atom. The van der Waals surface area contributed by atoms with Crippen LogP contribution in [0.2, 0.25) is 0 Å². The van der Waals surface area contributed by atoms with E-state index in [4.69, 9.17) is 0 Å². The first-order valence-electron chi connectivity index (χ1n) is 7.54. The molecule has 4 aromatic rings. The molecule has 2 heterocycles. The van der Waals surface area contributed by atoms with Crippen molar-refractivity contribution in [3.05, 3.63) is 79.0 Å². The van der Waals surface area contributed by atoms with Crippen LogP contribution in [0.3, 0.4) is 0 Å². The average Bonchev–Trinajstić information content (AvgIpc) is 2.99. The smallest absolute Gasteiger partial charge is 0.187 e. The van der Waals surface area contributed by atoms with Crippen molar-refractivity contribution >= 4 is 17.2 Å². The third kappa shape index (κ3) is 2.63. The van der Waals surface area contributed by atoms with Crippen LogP contribution in [0.1, 0.15) is 0 Å². The van der Waals surface area contributed by atoms with Gasteiger partial charge in [0.1, 0.15) is 17.1 Å². The van der Waals surface area contributed by atoms with E-state index in [0.29, 0.717) is 11.5 Å². The fourth-order valence-electron chi connectivity index (χ4n) is 2.53. The van der Waals surface area contributed by atoms with Crippen LogP contribution in [0.15, 0.2) is 89.2 Å². The first-order valence-corrected chi connectivity index (χ1v) is 7.54. The van der Waals surface area contributed by atoms with Crippen molar-refractivity contribution < 1.29 is 5.11 Å². The maximum absolute atomic E-state index is 9.56. The van der Waals surface area contributed by atoms with E-state index in [-0.39, 0.29) is 5.75 Å². The number of phenols is 1. The lowest BCUT2D eigenvalue weighted by Crippen LogP contribution is -1.81. The molecule has 0 aliphatic heterocycles. The monoisotopic (exact) mass is 314 g/mol. The van der Waals surface area contributed by atoms with Crippen LogP contribution in [0.4, 0.5) is 11.5 Å². The quantitative estimate of drug-likeness (QED) is 0.533. The van der Waals surface area contributed by atoms with E-state index in [2.05, 4.69) is 15.2 Å². The van der Waals surface area contributed by atoms with Gasteiger partial charge in [-0.15, -0.1) is 10.2 Å². The second kappa shape index (κ2) is 5.96. The Labute approximate surface area is 138 Å². The van der Waals surface area contributed by atoms with Crippen LogP contribution in [-0.4, -0.2) is 14.5 Å². The molecule has 5 nitrogen and oxygen atoms in total. The number of rotatable bonds is 3. The highest BCUT2D eigenvalue weighted by Crippen LogP contribution is 2.32. The third-order valence-electron chi connectivity index (χ3n) is 3.64. The minimum Gasteiger partial charge on any atom is -0.508 e. The summed E-state index contributed by atoms with van der Waals surface area (Å²) in [5.41, 5.74) is 3.14. The van der Waals surface area contributed by atoms with Crippen LogP contribution in [0.5, 0.6) is 5.75 Å². The summed E-state index contributed by atoms with van der Waals surface area (Å²) >= 11 is 0. The number of azo groups is 1. The van der Waals surface area contributed by atoms with Crippen LogP contribution in [-0.2, 0) is 0 Å². The fourth-order valence-corrected chi connectivity index (χ4v) is 2.53. The summed E-state index contributed by atoms with van der Waals surface area (Å²) in [4.78, 5) is 4.67. The number of aromatic nitrogens is 2. The fraction of sp³-hybridized carbons (Fsp3) is 0. The molecule has 4 rings (SSSR count). The van der Waals surface area contributed by atoms with Gasteiger partial charge in [0.15, 0.2) is 5.82 Å². The standard InChI is InChI=1S/C19H14N4O/c24-16-10-6-9-15(13-16)21-22-19-18(14-7-2-1-3-8-14)20-17-11-4-5-12-23(17)19/h1-13,24H. The van der Waals surface area contributed by atoms with Crippen LogP contribution >= 0.6 is 0 Å². The third-order valence-corrected chi connectivity index (χ3v) is 3.64. The molecule has 0 saturated heterocycles. The first-order chi connectivity index (χ1) is 11.8. The van der Waals surface area contributed by atoms with Gasteiger partial charge in [0.05, 0.1) is 5.69 Å². The van der Waals surface area contributed by atoms with Crippen molar-refractivity contribution in [1.29, 1.82) is 0 Å². The van der Waals surface area contributed by atoms with E-state index >= 15 is 0 Å². The zero-order valence-electron chi connectivity index (χ0n) is 12.7. The number of hydrogen-bond donors (Lipinski definition) is 1. The van der Waals surface area contributed by atoms with E-state index in [9.17, 15) is 5.11 Å². The predicted molar refractivity (Wildman–Crippen MR) is 92.9 cm³/mol. The van der Waals surface area contributed by atoms with Gasteiger partial charge in [-0.1, -0.05) is 42.5 Å². The summed E-state index contributed by atoms with van der Waals surface area (Å²) in [6.07, 6.45) is 1.91. The molecule has 0 aliphatic carbocycles. The lowest BCUT2D eigenvalue weighted by atomic mass is 10.1. The number of hydrogen-bond acceptors (Lipinski definition) is 4. The molecular formula is C19H14N4O. The second-order valence-corrected chi connectivity index (χ2v) is 5.30. The predicted octanol–water partition coefficient (Wildman–Crippen LogP) is 5.12. The molecule has 116 valence electrons. The van der Waals surface area contributed by atoms with Gasteiger partial charge < -0.3 is 5.11 Å². The molecule has 0 spiro atoms. The molecule has 1 N–H and O–H groups in total. The highest BCUT2D eigenvalue weighted by atomic mass is 16.3. The zero-order valence-corrected chi connectivity index (χ0v) is 12.7. The molecule has 24 heavy (non-hydrogen) atoms. The minimum absolute atomic E-state index is 0.160. The molecule has 0 radical (unpaired) electrons. The number of nitrogens with zero attached hydrogens (tertiary/aromatic N) is 4. The number of pyridine rings is 1. The Morgan fingerprint density at radius 1 is 0.833 bits per heavy atom. The topological polar surface area (TPSA) is 62.2 Å². The van der Waals surface area contributed by atoms with Gasteiger partial charge >= 0.3 is 0 Å². The molecule has 2 aromatic carbocycles. The summed E-state index contributed by atoms with van der Waals surface area (Å²) in [7, 11) is 0. The highest BCUT2D eigenvalue weighted by Gasteiger charge is 2.13. The normalized spacial score (nSPS) is 11.3. The molecule has 2 aromatic heterocycles. The van der Waals surface area contributed by atoms with Crippen molar-refractivity contribution in [2.45, 2.75) is 0 Å². The van der Waals surface area contributed by atoms with Gasteiger partial charge in [0, 0.05) is 17.8 Å². The lowest BCUT2D eigenvalue weighted by molar-refractivity contribution is 0.475. The van der Waals surface area contributed by atoms with E-state index < -0.39 is 0 Å². The Balaban J connectivity index is 1.87. The Morgan fingerprint density at radius 3 is 2.50 bits per heavy atom. The number of fused-ring (bicyclic) bond motifs is 1. The van der Waals surface area contributed by atoms with E-state index in [0.717, 1.165) is 16.9 Å². The minimum atomic E-state index is 0.160. The first kappa shape index (κ1) is 14.1. The van der Waals surface area contributed by atoms with Crippen LogP contribution in [0.25, 0.3) is 16.9 Å². The number of imidazole rings is 1. The number of aromatic hydroxyl groups is 1. The largest absolute Gasteiger partial charge is 0.508 e. The summed E-state index contributed by atoms with van der Waals surface area (Å²) < 4.78 is 1.90. The number of phenolic OH excluding ortho intramolecular Hbond substituents is 1. The SMILES string of the molecule is Oc1cccc(N=Nc2c(-c3ccccc3)nc3ccccn23)c1. The van der Waals surface area contributed by atoms with Gasteiger partial charge in [-0.3, -0.25) is 4.40 Å². The molecule has 0 unspecified atom stereocenters. The molecule has 0 amide bonds. The molecule has 0 atom stereocenters. The molecule has 0 fully saturated rings. The van der Waals surface area contributed by atoms with Crippen molar-refractivity contribution in [3.8, 4) is 17.0 Å². The Hall–Kier alpha value is -3.47. The summed E-state index contributed by atoms with van der Waals surface area (Å²) in [6.45, 7) is 0. The maximum atomic E-state index is 9.56. The molecule has 0 saturated carbocycles. The molecule has 5 heteroatoms. The van der Waals surface area contributed by atoms with E-state index in [1.807, 2.05) is 59.1 Å².